The summed E-state index contributed by atoms with van der Waals surface area (Å²) in [6, 6.07) is 2.17. The fourth-order valence-corrected chi connectivity index (χ4v) is 5.06. The lowest BCUT2D eigenvalue weighted by Crippen LogP contribution is -2.27. The molecule has 1 saturated heterocycles. The number of anilines is 2. The Morgan fingerprint density at radius 1 is 1.19 bits per heavy atom. The Balaban J connectivity index is 0.00000112. The highest BCUT2D eigenvalue weighted by Crippen LogP contribution is 2.33. The molecule has 5 heterocycles. The van der Waals surface area contributed by atoms with Gasteiger partial charge >= 0.3 is 0 Å². The molecule has 0 spiro atoms. The van der Waals surface area contributed by atoms with Crippen LogP contribution in [0.4, 0.5) is 10.8 Å². The van der Waals surface area contributed by atoms with Gasteiger partial charge in [-0.2, -0.15) is 9.47 Å². The van der Waals surface area contributed by atoms with Gasteiger partial charge in [0.25, 0.3) is 0 Å². The molecule has 0 saturated carbocycles. The monoisotopic (exact) mass is 460 g/mol. The molecule has 4 aromatic heterocycles. The van der Waals surface area contributed by atoms with Crippen molar-refractivity contribution in [3.05, 3.63) is 42.7 Å². The molecule has 0 radical (unpaired) electrons. The molecule has 1 aliphatic rings. The Kier molecular flexibility index (Phi) is 6.83. The molecule has 10 nitrogen and oxygen atoms in total. The third kappa shape index (κ3) is 4.57. The van der Waals surface area contributed by atoms with Crippen LogP contribution in [0.3, 0.4) is 0 Å². The average Bonchev–Trinajstić information content (AvgIpc) is 3.55. The smallest absolute Gasteiger partial charge is 0.180 e. The predicted molar refractivity (Wildman–Crippen MR) is 123 cm³/mol. The van der Waals surface area contributed by atoms with Crippen molar-refractivity contribution in [3.8, 4) is 11.3 Å². The zero-order valence-electron chi connectivity index (χ0n) is 17.2. The average molecular weight is 461 g/mol. The second-order valence-corrected chi connectivity index (χ2v) is 8.83. The summed E-state index contributed by atoms with van der Waals surface area (Å²) in [5.41, 5.74) is 3.98. The summed E-state index contributed by atoms with van der Waals surface area (Å²) >= 11 is 3.32. The van der Waals surface area contributed by atoms with Gasteiger partial charge < -0.3 is 5.32 Å². The molecule has 0 amide bonds. The molecule has 4 aromatic rings. The number of imidazole rings is 1. The highest BCUT2D eigenvalue weighted by molar-refractivity contribution is 7.96. The minimum atomic E-state index is 0.539. The number of fused-ring (bicyclic) bond motifs is 1. The largest absolute Gasteiger partial charge is 0.328 e. The summed E-state index contributed by atoms with van der Waals surface area (Å²) in [4.78, 5) is 9.10. The van der Waals surface area contributed by atoms with Crippen molar-refractivity contribution >= 4 is 39.9 Å². The van der Waals surface area contributed by atoms with Crippen LogP contribution in [0.15, 0.2) is 37.1 Å². The summed E-state index contributed by atoms with van der Waals surface area (Å²) < 4.78 is 11.0. The van der Waals surface area contributed by atoms with Crippen LogP contribution in [0.2, 0.25) is 0 Å². The summed E-state index contributed by atoms with van der Waals surface area (Å²) in [5, 5.41) is 20.7. The summed E-state index contributed by atoms with van der Waals surface area (Å²) in [7, 11) is 1.91. The molecule has 164 valence electrons. The fourth-order valence-electron chi connectivity index (χ4n) is 3.77. The topological polar surface area (TPSA) is 117 Å². The highest BCUT2D eigenvalue weighted by atomic mass is 32.2. The van der Waals surface area contributed by atoms with Crippen molar-refractivity contribution in [1.29, 1.82) is 0 Å². The van der Waals surface area contributed by atoms with E-state index in [4.69, 9.17) is 14.9 Å². The van der Waals surface area contributed by atoms with Crippen molar-refractivity contribution in [2.75, 3.05) is 24.7 Å². The molecule has 0 unspecified atom stereocenters. The van der Waals surface area contributed by atoms with Crippen LogP contribution in [0.25, 0.3) is 16.9 Å². The van der Waals surface area contributed by atoms with Crippen molar-refractivity contribution in [2.45, 2.75) is 18.8 Å². The standard InChI is InChI=1S/C19H22N8S2.H2O2/c1-25-12-14(10-22-25)16-11-21-19-18(20-5-8-27(16)19)23-17-9-15(24-29-17)13-3-6-26(28-2)7-4-13;1-2/h5,8-13H,3-4,6-7H2,1-2H3,(H,20,23);1-2H. The lowest BCUT2D eigenvalue weighted by Gasteiger charge is -2.28. The van der Waals surface area contributed by atoms with Gasteiger partial charge in [0.1, 0.15) is 5.00 Å². The van der Waals surface area contributed by atoms with Gasteiger partial charge in [-0.1, -0.05) is 11.9 Å². The first-order chi connectivity index (χ1) is 15.2. The minimum Gasteiger partial charge on any atom is -0.328 e. The maximum atomic E-state index is 6.00. The Hall–Kier alpha value is -2.51. The van der Waals surface area contributed by atoms with Crippen LogP contribution in [-0.4, -0.2) is 62.7 Å². The van der Waals surface area contributed by atoms with Gasteiger partial charge in [-0.25, -0.2) is 9.97 Å². The number of aryl methyl sites for hydroxylation is 1. The summed E-state index contributed by atoms with van der Waals surface area (Å²) in [5.74, 6) is 1.27. The number of nitrogens with zero attached hydrogens (tertiary/aromatic N) is 7. The third-order valence-electron chi connectivity index (χ3n) is 5.33. The second kappa shape index (κ2) is 9.75. The molecule has 31 heavy (non-hydrogen) atoms. The molecule has 0 bridgehead atoms. The molecule has 0 aliphatic carbocycles. The van der Waals surface area contributed by atoms with E-state index < -0.39 is 0 Å². The molecular weight excluding hydrogens is 436 g/mol. The van der Waals surface area contributed by atoms with Gasteiger partial charge in [-0.3, -0.25) is 23.9 Å². The Morgan fingerprint density at radius 3 is 2.71 bits per heavy atom. The molecular formula is C19H24N8O2S2. The fraction of sp³-hybridized carbons (Fsp3) is 0.368. The van der Waals surface area contributed by atoms with E-state index in [1.54, 1.807) is 10.9 Å². The van der Waals surface area contributed by atoms with Gasteiger partial charge in [-0.15, -0.1) is 0 Å². The lowest BCUT2D eigenvalue weighted by molar-refractivity contribution is -0.176. The Bertz CT molecular complexity index is 1130. The lowest BCUT2D eigenvalue weighted by atomic mass is 9.95. The normalized spacial score (nSPS) is 15.1. The van der Waals surface area contributed by atoms with Crippen LogP contribution in [0, 0.1) is 0 Å². The maximum Gasteiger partial charge on any atom is 0.180 e. The van der Waals surface area contributed by atoms with E-state index >= 15 is 0 Å². The quantitative estimate of drug-likeness (QED) is 0.232. The predicted octanol–water partition coefficient (Wildman–Crippen LogP) is 3.80. The van der Waals surface area contributed by atoms with E-state index in [0.29, 0.717) is 5.92 Å². The van der Waals surface area contributed by atoms with Crippen LogP contribution >= 0.6 is 23.5 Å². The number of hydrogen-bond acceptors (Lipinski definition) is 10. The first-order valence-corrected chi connectivity index (χ1v) is 11.7. The van der Waals surface area contributed by atoms with Crippen molar-refractivity contribution < 1.29 is 10.5 Å². The van der Waals surface area contributed by atoms with Gasteiger partial charge in [0.05, 0.1) is 23.8 Å². The Labute approximate surface area is 187 Å². The molecule has 5 rings (SSSR count). The first-order valence-electron chi connectivity index (χ1n) is 9.75. The molecule has 0 atom stereocenters. The van der Waals surface area contributed by atoms with Gasteiger partial charge in [0, 0.05) is 50.2 Å². The van der Waals surface area contributed by atoms with Crippen molar-refractivity contribution in [1.82, 2.24) is 32.8 Å². The molecule has 0 aromatic carbocycles. The molecule has 12 heteroatoms. The van der Waals surface area contributed by atoms with E-state index in [1.807, 2.05) is 48.2 Å². The summed E-state index contributed by atoms with van der Waals surface area (Å²) in [6.07, 6.45) is 13.9. The maximum absolute atomic E-state index is 6.00. The Morgan fingerprint density at radius 2 is 2.00 bits per heavy atom. The van der Waals surface area contributed by atoms with Gasteiger partial charge in [0.2, 0.25) is 0 Å². The van der Waals surface area contributed by atoms with E-state index in [2.05, 4.69) is 37.0 Å². The highest BCUT2D eigenvalue weighted by Gasteiger charge is 2.22. The molecule has 1 aliphatic heterocycles. The van der Waals surface area contributed by atoms with Crippen molar-refractivity contribution in [2.24, 2.45) is 7.05 Å². The number of aromatic nitrogens is 6. The second-order valence-electron chi connectivity index (χ2n) is 7.14. The van der Waals surface area contributed by atoms with E-state index in [0.717, 1.165) is 53.7 Å². The number of rotatable bonds is 5. The molecule has 1 fully saturated rings. The number of piperidine rings is 1. The minimum absolute atomic E-state index is 0.539. The summed E-state index contributed by atoms with van der Waals surface area (Å²) in [6.45, 7) is 2.25. The van der Waals surface area contributed by atoms with Gasteiger partial charge in [0.15, 0.2) is 11.5 Å². The van der Waals surface area contributed by atoms with E-state index in [1.165, 1.54) is 17.2 Å². The zero-order valence-corrected chi connectivity index (χ0v) is 18.8. The van der Waals surface area contributed by atoms with Crippen LogP contribution in [0.1, 0.15) is 24.5 Å². The van der Waals surface area contributed by atoms with Gasteiger partial charge in [-0.05, 0) is 36.7 Å². The van der Waals surface area contributed by atoms with E-state index in [9.17, 15) is 0 Å². The van der Waals surface area contributed by atoms with Crippen LogP contribution in [-0.2, 0) is 7.05 Å². The van der Waals surface area contributed by atoms with Crippen LogP contribution in [0.5, 0.6) is 0 Å². The van der Waals surface area contributed by atoms with Crippen molar-refractivity contribution in [3.63, 3.8) is 0 Å². The third-order valence-corrected chi connectivity index (χ3v) is 6.93. The molecule has 3 N–H and O–H groups in total. The SMILES string of the molecule is CSN1CCC(c2cc(Nc3nccn4c(-c5cnn(C)c5)cnc34)sn2)CC1.OO. The zero-order chi connectivity index (χ0) is 21.8. The van der Waals surface area contributed by atoms with Crippen LogP contribution < -0.4 is 5.32 Å². The number of nitrogens with one attached hydrogen (secondary N) is 1. The number of hydrogen-bond donors (Lipinski definition) is 3. The van der Waals surface area contributed by atoms with E-state index in [-0.39, 0.29) is 0 Å². The first kappa shape index (κ1) is 21.7.